The predicted octanol–water partition coefficient (Wildman–Crippen LogP) is 2.48. The molecule has 1 fully saturated rings. The molecule has 0 spiro atoms. The zero-order valence-electron chi connectivity index (χ0n) is 16.3. The van der Waals surface area contributed by atoms with Crippen LogP contribution in [0.2, 0.25) is 0 Å². The number of rotatable bonds is 7. The van der Waals surface area contributed by atoms with Crippen molar-refractivity contribution in [2.75, 3.05) is 54.2 Å². The van der Waals surface area contributed by atoms with Crippen molar-refractivity contribution in [2.24, 2.45) is 4.99 Å². The summed E-state index contributed by atoms with van der Waals surface area (Å²) in [7, 11) is 5.21. The van der Waals surface area contributed by atoms with Crippen LogP contribution in [0.15, 0.2) is 23.2 Å². The van der Waals surface area contributed by atoms with E-state index in [0.29, 0.717) is 6.61 Å². The van der Waals surface area contributed by atoms with Crippen LogP contribution >= 0.6 is 24.0 Å². The smallest absolute Gasteiger partial charge is 0.191 e. The highest BCUT2D eigenvalue weighted by Crippen LogP contribution is 2.39. The number of hydrogen-bond acceptors (Lipinski definition) is 4. The van der Waals surface area contributed by atoms with Gasteiger partial charge in [-0.15, -0.1) is 24.0 Å². The van der Waals surface area contributed by atoms with Gasteiger partial charge in [0.1, 0.15) is 5.75 Å². The summed E-state index contributed by atoms with van der Waals surface area (Å²) >= 11 is 0. The number of nitrogens with one attached hydrogen (secondary N) is 2. The molecule has 148 valence electrons. The van der Waals surface area contributed by atoms with Crippen molar-refractivity contribution in [3.05, 3.63) is 29.3 Å². The van der Waals surface area contributed by atoms with Crippen LogP contribution in [0.5, 0.6) is 5.75 Å². The average Bonchev–Trinajstić information content (AvgIpc) is 2.65. The molecule has 2 N–H and O–H groups in total. The van der Waals surface area contributed by atoms with Crippen molar-refractivity contribution in [1.82, 2.24) is 10.6 Å². The SMILES string of the molecule is CN=C(NCCOC)NCC1(c2cc(C)ccc2OC)CCOCC1.I. The van der Waals surface area contributed by atoms with Crippen LogP contribution in [0.3, 0.4) is 0 Å². The molecule has 1 aliphatic rings. The molecule has 0 amide bonds. The van der Waals surface area contributed by atoms with E-state index in [1.807, 2.05) is 0 Å². The van der Waals surface area contributed by atoms with Crippen LogP contribution in [0.1, 0.15) is 24.0 Å². The maximum absolute atomic E-state index is 5.66. The summed E-state index contributed by atoms with van der Waals surface area (Å²) in [4.78, 5) is 4.31. The summed E-state index contributed by atoms with van der Waals surface area (Å²) in [6, 6.07) is 6.40. The fraction of sp³-hybridized carbons (Fsp3) is 0.632. The second-order valence-corrected chi connectivity index (χ2v) is 6.44. The monoisotopic (exact) mass is 477 g/mol. The molecular formula is C19H32IN3O3. The van der Waals surface area contributed by atoms with Gasteiger partial charge < -0.3 is 24.8 Å². The molecule has 1 aliphatic heterocycles. The molecule has 1 aromatic rings. The van der Waals surface area contributed by atoms with E-state index in [1.165, 1.54) is 11.1 Å². The topological polar surface area (TPSA) is 64.1 Å². The second-order valence-electron chi connectivity index (χ2n) is 6.44. The molecule has 0 radical (unpaired) electrons. The number of methoxy groups -OCH3 is 2. The highest BCUT2D eigenvalue weighted by atomic mass is 127. The molecule has 26 heavy (non-hydrogen) atoms. The summed E-state index contributed by atoms with van der Waals surface area (Å²) in [6.07, 6.45) is 1.91. The van der Waals surface area contributed by atoms with Crippen molar-refractivity contribution < 1.29 is 14.2 Å². The molecule has 6 nitrogen and oxygen atoms in total. The lowest BCUT2D eigenvalue weighted by molar-refractivity contribution is 0.0505. The minimum absolute atomic E-state index is 0. The molecule has 7 heteroatoms. The molecule has 0 bridgehead atoms. The lowest BCUT2D eigenvalue weighted by atomic mass is 9.73. The minimum Gasteiger partial charge on any atom is -0.496 e. The largest absolute Gasteiger partial charge is 0.496 e. The Balaban J connectivity index is 0.00000338. The van der Waals surface area contributed by atoms with E-state index in [4.69, 9.17) is 14.2 Å². The van der Waals surface area contributed by atoms with Gasteiger partial charge in [-0.05, 0) is 25.8 Å². The number of halogens is 1. The summed E-state index contributed by atoms with van der Waals surface area (Å²) in [6.45, 7) is 5.78. The predicted molar refractivity (Wildman–Crippen MR) is 116 cm³/mol. The van der Waals surface area contributed by atoms with Crippen molar-refractivity contribution in [3.8, 4) is 5.75 Å². The molecule has 0 aromatic heterocycles. The van der Waals surface area contributed by atoms with Crippen molar-refractivity contribution in [3.63, 3.8) is 0 Å². The second kappa shape index (κ2) is 11.6. The van der Waals surface area contributed by atoms with Crippen LogP contribution in [0.4, 0.5) is 0 Å². The normalized spacial score (nSPS) is 16.5. The number of hydrogen-bond donors (Lipinski definition) is 2. The number of guanidine groups is 1. The zero-order valence-corrected chi connectivity index (χ0v) is 18.6. The van der Waals surface area contributed by atoms with Crippen LogP contribution in [0, 0.1) is 6.92 Å². The van der Waals surface area contributed by atoms with E-state index in [0.717, 1.165) is 50.9 Å². The third-order valence-electron chi connectivity index (χ3n) is 4.79. The van der Waals surface area contributed by atoms with Gasteiger partial charge in [0.05, 0.1) is 13.7 Å². The zero-order chi connectivity index (χ0) is 18.1. The van der Waals surface area contributed by atoms with E-state index in [9.17, 15) is 0 Å². The maximum Gasteiger partial charge on any atom is 0.191 e. The van der Waals surface area contributed by atoms with E-state index < -0.39 is 0 Å². The first-order valence-electron chi connectivity index (χ1n) is 8.81. The molecule has 0 unspecified atom stereocenters. The molecule has 1 heterocycles. The summed E-state index contributed by atoms with van der Waals surface area (Å²) in [5, 5.41) is 6.75. The van der Waals surface area contributed by atoms with Crippen LogP contribution < -0.4 is 15.4 Å². The summed E-state index contributed by atoms with van der Waals surface area (Å²) < 4.78 is 16.4. The Morgan fingerprint density at radius 1 is 1.23 bits per heavy atom. The molecule has 1 saturated heterocycles. The average molecular weight is 477 g/mol. The third kappa shape index (κ3) is 5.99. The molecular weight excluding hydrogens is 445 g/mol. The number of aryl methyl sites for hydroxylation is 1. The van der Waals surface area contributed by atoms with Gasteiger partial charge in [-0.2, -0.15) is 0 Å². The Bertz CT molecular complexity index is 575. The highest BCUT2D eigenvalue weighted by molar-refractivity contribution is 14.0. The maximum atomic E-state index is 5.66. The van der Waals surface area contributed by atoms with E-state index in [-0.39, 0.29) is 29.4 Å². The van der Waals surface area contributed by atoms with Crippen LogP contribution in [-0.2, 0) is 14.9 Å². The fourth-order valence-corrected chi connectivity index (χ4v) is 3.28. The number of ether oxygens (including phenoxy) is 3. The first-order valence-corrected chi connectivity index (χ1v) is 8.81. The van der Waals surface area contributed by atoms with Crippen LogP contribution in [0.25, 0.3) is 0 Å². The van der Waals surface area contributed by atoms with Crippen molar-refractivity contribution in [1.29, 1.82) is 0 Å². The van der Waals surface area contributed by atoms with E-state index >= 15 is 0 Å². The Kier molecular flexibility index (Phi) is 10.3. The molecule has 0 saturated carbocycles. The molecule has 2 rings (SSSR count). The fourth-order valence-electron chi connectivity index (χ4n) is 3.28. The highest BCUT2D eigenvalue weighted by Gasteiger charge is 2.37. The molecule has 1 aromatic carbocycles. The Morgan fingerprint density at radius 3 is 2.58 bits per heavy atom. The van der Waals surface area contributed by atoms with Gasteiger partial charge >= 0.3 is 0 Å². The Morgan fingerprint density at radius 2 is 1.96 bits per heavy atom. The van der Waals surface area contributed by atoms with Gasteiger partial charge in [-0.25, -0.2) is 0 Å². The van der Waals surface area contributed by atoms with Gasteiger partial charge in [0.2, 0.25) is 0 Å². The van der Waals surface area contributed by atoms with Gasteiger partial charge in [0.15, 0.2) is 5.96 Å². The Labute approximate surface area is 174 Å². The summed E-state index contributed by atoms with van der Waals surface area (Å²) in [5.74, 6) is 1.73. The Hall–Kier alpha value is -1.06. The third-order valence-corrected chi connectivity index (χ3v) is 4.79. The van der Waals surface area contributed by atoms with Crippen molar-refractivity contribution in [2.45, 2.75) is 25.2 Å². The number of nitrogens with zero attached hydrogens (tertiary/aromatic N) is 1. The quantitative estimate of drug-likeness (QED) is 0.274. The van der Waals surface area contributed by atoms with Gasteiger partial charge in [0, 0.05) is 51.4 Å². The summed E-state index contributed by atoms with van der Waals surface area (Å²) in [5.41, 5.74) is 2.46. The first kappa shape index (κ1) is 23.0. The van der Waals surface area contributed by atoms with Crippen LogP contribution in [-0.4, -0.2) is 60.1 Å². The molecule has 0 aliphatic carbocycles. The van der Waals surface area contributed by atoms with Gasteiger partial charge in [-0.3, -0.25) is 4.99 Å². The lowest BCUT2D eigenvalue weighted by Gasteiger charge is -2.39. The van der Waals surface area contributed by atoms with E-state index in [1.54, 1.807) is 21.3 Å². The lowest BCUT2D eigenvalue weighted by Crippen LogP contribution is -2.48. The number of aliphatic imine (C=N–C) groups is 1. The number of benzene rings is 1. The standard InChI is InChI=1S/C19H31N3O3.HI/c1-15-5-6-17(24-4)16(13-15)19(7-10-25-11-8-19)14-22-18(20-2)21-9-12-23-3;/h5-6,13H,7-12,14H2,1-4H3,(H2,20,21,22);1H. The van der Waals surface area contributed by atoms with Crippen molar-refractivity contribution >= 4 is 29.9 Å². The van der Waals surface area contributed by atoms with E-state index in [2.05, 4.69) is 40.7 Å². The minimum atomic E-state index is -0.0332. The van der Waals surface area contributed by atoms with Gasteiger partial charge in [0.25, 0.3) is 0 Å². The van der Waals surface area contributed by atoms with Gasteiger partial charge in [-0.1, -0.05) is 17.7 Å². The first-order chi connectivity index (χ1) is 12.1. The molecule has 0 atom stereocenters.